The standard InChI is InChI=1S/C29H31N5O10/c1-5-42-24-12-17(27-26(28(36)41-4)16(2)31-29(37)32-27)6-9-23(24)43-15-25(35)33-30-14-19-8-11-22(44-19)20-13-18(34(38)39)7-10-21(20)40-3/h6-14,25,27,33,35H,5,15H2,1-4H3,(H2,31,32,37)/b30-14+/t25-,27+/m0/s1. The van der Waals surface area contributed by atoms with Gasteiger partial charge in [0.15, 0.2) is 17.7 Å². The van der Waals surface area contributed by atoms with Crippen molar-refractivity contribution in [2.45, 2.75) is 26.1 Å². The number of amides is 2. The van der Waals surface area contributed by atoms with E-state index in [1.165, 1.54) is 38.6 Å². The summed E-state index contributed by atoms with van der Waals surface area (Å²) in [4.78, 5) is 35.2. The van der Waals surface area contributed by atoms with Crippen LogP contribution in [0.3, 0.4) is 0 Å². The number of allylic oxidation sites excluding steroid dienone is 1. The van der Waals surface area contributed by atoms with Crippen LogP contribution in [0.15, 0.2) is 69.3 Å². The highest BCUT2D eigenvalue weighted by Gasteiger charge is 2.32. The third-order valence-corrected chi connectivity index (χ3v) is 6.37. The molecule has 1 aliphatic heterocycles. The van der Waals surface area contributed by atoms with Gasteiger partial charge in [-0.1, -0.05) is 6.07 Å². The van der Waals surface area contributed by atoms with Gasteiger partial charge >= 0.3 is 12.0 Å². The number of benzene rings is 2. The van der Waals surface area contributed by atoms with E-state index in [0.29, 0.717) is 52.2 Å². The number of aliphatic hydroxyl groups is 1. The molecule has 0 fully saturated rings. The Kier molecular flexibility index (Phi) is 10.0. The van der Waals surface area contributed by atoms with E-state index in [4.69, 9.17) is 23.4 Å². The third kappa shape index (κ3) is 7.25. The van der Waals surface area contributed by atoms with Gasteiger partial charge in [0, 0.05) is 17.8 Å². The molecule has 0 bridgehead atoms. The lowest BCUT2D eigenvalue weighted by Gasteiger charge is -2.28. The SMILES string of the molecule is CCOc1cc([C@H]2NC(=O)NC(C)=C2C(=O)OC)ccc1OC[C@H](O)N/N=C/c1ccc(-c2cc([N+](=O)[O-])ccc2OC)o1. The first-order valence-corrected chi connectivity index (χ1v) is 13.3. The zero-order chi connectivity index (χ0) is 31.8. The predicted molar refractivity (Wildman–Crippen MR) is 156 cm³/mol. The number of hydrogen-bond donors (Lipinski definition) is 4. The first-order valence-electron chi connectivity index (χ1n) is 13.3. The molecule has 3 aromatic rings. The number of furan rings is 1. The molecule has 1 aliphatic rings. The lowest BCUT2D eigenvalue weighted by molar-refractivity contribution is -0.384. The maximum Gasteiger partial charge on any atom is 0.337 e. The summed E-state index contributed by atoms with van der Waals surface area (Å²) in [6.45, 7) is 3.47. The molecule has 2 heterocycles. The van der Waals surface area contributed by atoms with Gasteiger partial charge in [0.05, 0.1) is 49.1 Å². The molecule has 2 atom stereocenters. The number of hydrazone groups is 1. The molecule has 2 aromatic carbocycles. The van der Waals surface area contributed by atoms with Crippen LogP contribution in [-0.2, 0) is 9.53 Å². The molecular weight excluding hydrogens is 578 g/mol. The van der Waals surface area contributed by atoms with Crippen LogP contribution in [0.5, 0.6) is 17.2 Å². The Labute approximate surface area is 251 Å². The highest BCUT2D eigenvalue weighted by atomic mass is 16.6. The lowest BCUT2D eigenvalue weighted by atomic mass is 9.95. The highest BCUT2D eigenvalue weighted by molar-refractivity contribution is 5.95. The number of carbonyl (C=O) groups is 2. The lowest BCUT2D eigenvalue weighted by Crippen LogP contribution is -2.45. The smallest absolute Gasteiger partial charge is 0.337 e. The second-order valence-electron chi connectivity index (χ2n) is 9.26. The van der Waals surface area contributed by atoms with Gasteiger partial charge in [0.25, 0.3) is 5.69 Å². The number of esters is 1. The molecule has 4 rings (SSSR count). The maximum atomic E-state index is 12.4. The van der Waals surface area contributed by atoms with Gasteiger partial charge < -0.3 is 39.1 Å². The van der Waals surface area contributed by atoms with Crippen molar-refractivity contribution in [1.82, 2.24) is 16.1 Å². The number of urea groups is 1. The monoisotopic (exact) mass is 609 g/mol. The number of aliphatic hydroxyl groups excluding tert-OH is 1. The number of carbonyl (C=O) groups excluding carboxylic acids is 2. The molecule has 1 aromatic heterocycles. The van der Waals surface area contributed by atoms with Crippen LogP contribution in [0.2, 0.25) is 0 Å². The van der Waals surface area contributed by atoms with Gasteiger partial charge in [-0.2, -0.15) is 5.10 Å². The van der Waals surface area contributed by atoms with Crippen molar-refractivity contribution in [2.75, 3.05) is 27.4 Å². The van der Waals surface area contributed by atoms with E-state index in [1.807, 2.05) is 0 Å². The fourth-order valence-electron chi connectivity index (χ4n) is 4.38. The predicted octanol–water partition coefficient (Wildman–Crippen LogP) is 3.38. The summed E-state index contributed by atoms with van der Waals surface area (Å²) in [5.74, 6) is 1.08. The minimum absolute atomic E-state index is 0.115. The van der Waals surface area contributed by atoms with Gasteiger partial charge in [-0.3, -0.25) is 15.5 Å². The first-order chi connectivity index (χ1) is 21.1. The summed E-state index contributed by atoms with van der Waals surface area (Å²) < 4.78 is 27.4. The molecule has 232 valence electrons. The van der Waals surface area contributed by atoms with E-state index < -0.39 is 29.2 Å². The van der Waals surface area contributed by atoms with E-state index in [0.717, 1.165) is 0 Å². The second-order valence-corrected chi connectivity index (χ2v) is 9.26. The first kappa shape index (κ1) is 31.4. The molecule has 4 N–H and O–H groups in total. The normalized spacial score (nSPS) is 15.3. The molecular formula is C29H31N5O10. The molecule has 2 amide bonds. The number of rotatable bonds is 13. The molecule has 44 heavy (non-hydrogen) atoms. The van der Waals surface area contributed by atoms with E-state index in [9.17, 15) is 24.8 Å². The minimum atomic E-state index is -1.23. The Morgan fingerprint density at radius 2 is 1.93 bits per heavy atom. The van der Waals surface area contributed by atoms with Crippen LogP contribution >= 0.6 is 0 Å². The van der Waals surface area contributed by atoms with Crippen molar-refractivity contribution in [3.8, 4) is 28.6 Å². The Balaban J connectivity index is 1.41. The Morgan fingerprint density at radius 1 is 1.16 bits per heavy atom. The quantitative estimate of drug-likeness (QED) is 0.0729. The maximum absolute atomic E-state index is 12.4. The van der Waals surface area contributed by atoms with Crippen molar-refractivity contribution < 1.29 is 43.0 Å². The number of hydrogen-bond acceptors (Lipinski definition) is 12. The fourth-order valence-corrected chi connectivity index (χ4v) is 4.38. The summed E-state index contributed by atoms with van der Waals surface area (Å²) in [5.41, 5.74) is 3.97. The zero-order valence-corrected chi connectivity index (χ0v) is 24.3. The number of methoxy groups -OCH3 is 2. The minimum Gasteiger partial charge on any atom is -0.496 e. The fraction of sp³-hybridized carbons (Fsp3) is 0.276. The van der Waals surface area contributed by atoms with Crippen molar-refractivity contribution in [3.63, 3.8) is 0 Å². The van der Waals surface area contributed by atoms with E-state index in [-0.39, 0.29) is 17.9 Å². The van der Waals surface area contributed by atoms with Crippen LogP contribution in [-0.4, -0.2) is 61.9 Å². The number of ether oxygens (including phenoxy) is 4. The number of nitrogens with one attached hydrogen (secondary N) is 3. The third-order valence-electron chi connectivity index (χ3n) is 6.37. The Morgan fingerprint density at radius 3 is 2.64 bits per heavy atom. The molecule has 0 saturated carbocycles. The molecule has 0 aliphatic carbocycles. The molecule has 15 nitrogen and oxygen atoms in total. The van der Waals surface area contributed by atoms with E-state index >= 15 is 0 Å². The van der Waals surface area contributed by atoms with Gasteiger partial charge in [-0.15, -0.1) is 0 Å². The number of nitro groups is 1. The molecule has 0 radical (unpaired) electrons. The van der Waals surface area contributed by atoms with E-state index in [1.54, 1.807) is 44.2 Å². The largest absolute Gasteiger partial charge is 0.496 e. The van der Waals surface area contributed by atoms with Gasteiger partial charge in [0.2, 0.25) is 0 Å². The summed E-state index contributed by atoms with van der Waals surface area (Å²) in [6.07, 6.45) is 0.0884. The Hall–Kier alpha value is -5.57. The molecule has 0 saturated heterocycles. The zero-order valence-electron chi connectivity index (χ0n) is 24.3. The number of nitro benzene ring substituents is 1. The summed E-state index contributed by atoms with van der Waals surface area (Å²) in [6, 6.07) is 11.0. The molecule has 15 heteroatoms. The average Bonchev–Trinajstić information content (AvgIpc) is 3.48. The van der Waals surface area contributed by atoms with Crippen molar-refractivity contribution >= 4 is 23.9 Å². The average molecular weight is 610 g/mol. The van der Waals surface area contributed by atoms with Gasteiger partial charge in [-0.25, -0.2) is 9.59 Å². The van der Waals surface area contributed by atoms with Crippen LogP contribution in [0.25, 0.3) is 11.3 Å². The van der Waals surface area contributed by atoms with Crippen LogP contribution < -0.4 is 30.3 Å². The van der Waals surface area contributed by atoms with Gasteiger partial charge in [0.1, 0.15) is 23.9 Å². The van der Waals surface area contributed by atoms with Crippen LogP contribution in [0.1, 0.15) is 31.2 Å². The van der Waals surface area contributed by atoms with Crippen LogP contribution in [0.4, 0.5) is 10.5 Å². The van der Waals surface area contributed by atoms with E-state index in [2.05, 4.69) is 21.2 Å². The number of nitrogens with zero attached hydrogens (tertiary/aromatic N) is 2. The van der Waals surface area contributed by atoms with Crippen molar-refractivity contribution in [1.29, 1.82) is 0 Å². The summed E-state index contributed by atoms with van der Waals surface area (Å²) >= 11 is 0. The molecule has 0 unspecified atom stereocenters. The highest BCUT2D eigenvalue weighted by Crippen LogP contribution is 2.36. The second kappa shape index (κ2) is 14.1. The molecule has 0 spiro atoms. The van der Waals surface area contributed by atoms with Gasteiger partial charge in [-0.05, 0) is 49.7 Å². The van der Waals surface area contributed by atoms with Crippen LogP contribution in [0, 0.1) is 10.1 Å². The van der Waals surface area contributed by atoms with Crippen molar-refractivity contribution in [3.05, 3.63) is 81.2 Å². The number of non-ortho nitro benzene ring substituents is 1. The Bertz CT molecular complexity index is 1600. The summed E-state index contributed by atoms with van der Waals surface area (Å²) in [7, 11) is 2.70. The topological polar surface area (TPSA) is 196 Å². The van der Waals surface area contributed by atoms with Crippen molar-refractivity contribution in [2.24, 2.45) is 5.10 Å². The summed E-state index contributed by atoms with van der Waals surface area (Å²) in [5, 5.41) is 30.8.